The van der Waals surface area contributed by atoms with Crippen LogP contribution in [0.4, 0.5) is 11.4 Å². The summed E-state index contributed by atoms with van der Waals surface area (Å²) in [6.45, 7) is 33.1. The molecular formula is C63H70N4O. The first kappa shape index (κ1) is 46.5. The average Bonchev–Trinajstić information content (AvgIpc) is 3.87. The summed E-state index contributed by atoms with van der Waals surface area (Å²) in [6.07, 6.45) is 1.94. The Labute approximate surface area is 406 Å². The van der Waals surface area contributed by atoms with Crippen LogP contribution in [0.2, 0.25) is 0 Å². The Bertz CT molecular complexity index is 3180. The quantitative estimate of drug-likeness (QED) is 0.152. The van der Waals surface area contributed by atoms with Crippen molar-refractivity contribution in [3.8, 4) is 28.4 Å². The zero-order valence-corrected chi connectivity index (χ0v) is 42.9. The maximum absolute atomic E-state index is 6.93. The van der Waals surface area contributed by atoms with E-state index in [0.717, 1.165) is 34.0 Å². The van der Waals surface area contributed by atoms with Gasteiger partial charge in [0.15, 0.2) is 0 Å². The maximum Gasteiger partial charge on any atom is 0.137 e. The fourth-order valence-corrected chi connectivity index (χ4v) is 10.1. The van der Waals surface area contributed by atoms with Gasteiger partial charge in [0.05, 0.1) is 17.7 Å². The minimum absolute atomic E-state index is 0.0115. The van der Waals surface area contributed by atoms with Crippen molar-refractivity contribution in [1.82, 2.24) is 9.55 Å². The van der Waals surface area contributed by atoms with Crippen molar-refractivity contribution < 1.29 is 4.74 Å². The van der Waals surface area contributed by atoms with Crippen molar-refractivity contribution >= 4 is 33.2 Å². The third-order valence-corrected chi connectivity index (χ3v) is 13.8. The van der Waals surface area contributed by atoms with Crippen molar-refractivity contribution in [3.05, 3.63) is 192 Å². The molecule has 3 heterocycles. The highest BCUT2D eigenvalue weighted by Gasteiger charge is 2.42. The average molecular weight is 899 g/mol. The fourth-order valence-electron chi connectivity index (χ4n) is 10.1. The van der Waals surface area contributed by atoms with Crippen LogP contribution in [0.15, 0.2) is 169 Å². The van der Waals surface area contributed by atoms with Gasteiger partial charge >= 0.3 is 0 Å². The minimum atomic E-state index is -0.232. The molecule has 2 aromatic heterocycles. The molecule has 5 nitrogen and oxygen atoms in total. The summed E-state index contributed by atoms with van der Waals surface area (Å²) in [5, 5.41) is 2.39. The van der Waals surface area contributed by atoms with Crippen LogP contribution in [0.5, 0.6) is 11.5 Å². The van der Waals surface area contributed by atoms with E-state index < -0.39 is 0 Å². The van der Waals surface area contributed by atoms with Crippen molar-refractivity contribution in [2.24, 2.45) is 10.8 Å². The molecular weight excluding hydrogens is 829 g/mol. The van der Waals surface area contributed by atoms with E-state index in [2.05, 4.69) is 263 Å². The van der Waals surface area contributed by atoms with Gasteiger partial charge in [0, 0.05) is 68.1 Å². The molecule has 0 bridgehead atoms. The first-order valence-electron chi connectivity index (χ1n) is 24.4. The monoisotopic (exact) mass is 899 g/mol. The van der Waals surface area contributed by atoms with Gasteiger partial charge in [0.2, 0.25) is 0 Å². The number of ether oxygens (including phenoxy) is 1. The Morgan fingerprint density at radius 3 is 1.68 bits per heavy atom. The summed E-state index contributed by atoms with van der Waals surface area (Å²) < 4.78 is 9.23. The van der Waals surface area contributed by atoms with Crippen LogP contribution in [-0.2, 0) is 16.2 Å². The first-order chi connectivity index (χ1) is 32.0. The van der Waals surface area contributed by atoms with E-state index in [1.165, 1.54) is 61.2 Å². The molecule has 0 saturated carbocycles. The van der Waals surface area contributed by atoms with E-state index in [9.17, 15) is 0 Å². The summed E-state index contributed by atoms with van der Waals surface area (Å²) in [6, 6.07) is 55.4. The molecule has 0 unspecified atom stereocenters. The standard InChI is InChI=1S/C63H70N4O/c1-59(2,3)45-28-31-54-53(37-45)52-30-29-51(40-55(52)67(54)56-38-46(32-33-64-56)60(4,5)6)68-50-27-21-26-48(39-50)65-41-66(58(62(10,11)12)57(65)61(7,8)9)49-35-43(42-22-17-15-18-23-42)34-47(36-49)63(13,14)44-24-19-16-20-25-44/h15-40H,41H2,1-14H3. The molecule has 348 valence electrons. The second-order valence-corrected chi connectivity index (χ2v) is 23.6. The van der Waals surface area contributed by atoms with Gasteiger partial charge in [0.25, 0.3) is 0 Å². The molecule has 0 amide bonds. The molecule has 0 saturated heterocycles. The molecule has 1 aliphatic heterocycles. The van der Waals surface area contributed by atoms with Crippen molar-refractivity contribution in [3.63, 3.8) is 0 Å². The van der Waals surface area contributed by atoms with Crippen molar-refractivity contribution in [1.29, 1.82) is 0 Å². The third kappa shape index (κ3) is 8.84. The maximum atomic E-state index is 6.93. The van der Waals surface area contributed by atoms with Gasteiger partial charge in [-0.3, -0.25) is 4.57 Å². The molecule has 9 rings (SSSR count). The molecule has 0 radical (unpaired) electrons. The van der Waals surface area contributed by atoms with Crippen LogP contribution in [0.1, 0.15) is 119 Å². The van der Waals surface area contributed by atoms with E-state index in [0.29, 0.717) is 6.67 Å². The molecule has 68 heavy (non-hydrogen) atoms. The van der Waals surface area contributed by atoms with Gasteiger partial charge in [-0.1, -0.05) is 176 Å². The van der Waals surface area contributed by atoms with E-state index in [-0.39, 0.29) is 27.1 Å². The lowest BCUT2D eigenvalue weighted by Crippen LogP contribution is -2.31. The number of allylic oxidation sites excluding steroid dienone is 2. The second-order valence-electron chi connectivity index (χ2n) is 23.6. The minimum Gasteiger partial charge on any atom is -0.457 e. The van der Waals surface area contributed by atoms with Gasteiger partial charge in [-0.2, -0.15) is 0 Å². The van der Waals surface area contributed by atoms with Crippen LogP contribution in [-0.4, -0.2) is 16.2 Å². The van der Waals surface area contributed by atoms with Gasteiger partial charge in [-0.15, -0.1) is 0 Å². The van der Waals surface area contributed by atoms with Crippen molar-refractivity contribution in [2.45, 2.75) is 113 Å². The lowest BCUT2D eigenvalue weighted by molar-refractivity contribution is 0.444. The van der Waals surface area contributed by atoms with E-state index in [1.807, 2.05) is 6.20 Å². The third-order valence-electron chi connectivity index (χ3n) is 13.8. The molecule has 0 atom stereocenters. The highest BCUT2D eigenvalue weighted by molar-refractivity contribution is 6.09. The highest BCUT2D eigenvalue weighted by Crippen LogP contribution is 2.50. The largest absolute Gasteiger partial charge is 0.457 e. The summed E-state index contributed by atoms with van der Waals surface area (Å²) in [5.41, 5.74) is 14.0. The van der Waals surface area contributed by atoms with Gasteiger partial charge in [-0.25, -0.2) is 4.98 Å². The lowest BCUT2D eigenvalue weighted by atomic mass is 9.77. The summed E-state index contributed by atoms with van der Waals surface area (Å²) in [7, 11) is 0. The predicted octanol–water partition coefficient (Wildman–Crippen LogP) is 17.1. The lowest BCUT2D eigenvalue weighted by Gasteiger charge is -2.35. The number of fused-ring (bicyclic) bond motifs is 3. The Balaban J connectivity index is 1.14. The fraction of sp³-hybridized carbons (Fsp3) is 0.317. The van der Waals surface area contributed by atoms with E-state index >= 15 is 0 Å². The zero-order valence-electron chi connectivity index (χ0n) is 42.9. The van der Waals surface area contributed by atoms with Gasteiger partial charge < -0.3 is 14.5 Å². The van der Waals surface area contributed by atoms with Gasteiger partial charge in [-0.05, 0) is 105 Å². The van der Waals surface area contributed by atoms with Crippen LogP contribution < -0.4 is 14.5 Å². The summed E-state index contributed by atoms with van der Waals surface area (Å²) >= 11 is 0. The Hall–Kier alpha value is -6.59. The Morgan fingerprint density at radius 2 is 1.03 bits per heavy atom. The normalized spacial score (nSPS) is 14.1. The summed E-state index contributed by atoms with van der Waals surface area (Å²) in [4.78, 5) is 10.1. The number of anilines is 2. The molecule has 5 heteroatoms. The zero-order chi connectivity index (χ0) is 48.6. The van der Waals surface area contributed by atoms with E-state index in [4.69, 9.17) is 9.72 Å². The topological polar surface area (TPSA) is 33.5 Å². The number of rotatable bonds is 8. The molecule has 0 N–H and O–H groups in total. The number of pyridine rings is 1. The number of hydrogen-bond acceptors (Lipinski definition) is 4. The second kappa shape index (κ2) is 16.9. The molecule has 6 aromatic carbocycles. The number of benzene rings is 6. The van der Waals surface area contributed by atoms with Gasteiger partial charge in [0.1, 0.15) is 17.3 Å². The van der Waals surface area contributed by atoms with Crippen LogP contribution >= 0.6 is 0 Å². The highest BCUT2D eigenvalue weighted by atomic mass is 16.5. The van der Waals surface area contributed by atoms with Crippen LogP contribution in [0, 0.1) is 10.8 Å². The Morgan fingerprint density at radius 1 is 0.412 bits per heavy atom. The van der Waals surface area contributed by atoms with Crippen LogP contribution in [0.25, 0.3) is 38.8 Å². The van der Waals surface area contributed by atoms with Crippen molar-refractivity contribution in [2.75, 3.05) is 16.5 Å². The number of aromatic nitrogens is 2. The molecule has 8 aromatic rings. The first-order valence-corrected chi connectivity index (χ1v) is 24.4. The Kier molecular flexibility index (Phi) is 11.5. The molecule has 0 fully saturated rings. The molecule has 0 aliphatic carbocycles. The van der Waals surface area contributed by atoms with E-state index in [1.54, 1.807) is 0 Å². The SMILES string of the molecule is CC(C)(C)C1=C(C(C)(C)C)N(c2cc(-c3ccccc3)cc(C(C)(C)c3ccccc3)c2)CN1c1cccc(Oc2ccc3c4cc(C(C)(C)C)ccc4n(-c4cc(C(C)(C)C)ccn4)c3c2)c1. The smallest absolute Gasteiger partial charge is 0.137 e. The predicted molar refractivity (Wildman–Crippen MR) is 289 cm³/mol. The molecule has 0 spiro atoms. The summed E-state index contributed by atoms with van der Waals surface area (Å²) in [5.74, 6) is 2.47. The van der Waals surface area contributed by atoms with Crippen LogP contribution in [0.3, 0.4) is 0 Å². The number of nitrogens with zero attached hydrogens (tertiary/aromatic N) is 4. The molecule has 1 aliphatic rings. The number of hydrogen-bond donors (Lipinski definition) is 0.